The topological polar surface area (TPSA) is 167 Å². The second kappa shape index (κ2) is 9.16. The van der Waals surface area contributed by atoms with E-state index in [2.05, 4.69) is 14.0 Å². The van der Waals surface area contributed by atoms with E-state index in [9.17, 15) is 19.3 Å². The molecular weight excluding hydrogens is 355 g/mol. The molecule has 1 saturated heterocycles. The minimum Gasteiger partial charge on any atom is -0.435 e. The van der Waals surface area contributed by atoms with Crippen LogP contribution in [0.1, 0.15) is 13.8 Å². The fourth-order valence-electron chi connectivity index (χ4n) is 1.81. The molecule has 0 saturated carbocycles. The van der Waals surface area contributed by atoms with Gasteiger partial charge in [-0.1, -0.05) is 0 Å². The van der Waals surface area contributed by atoms with Crippen molar-refractivity contribution in [3.05, 3.63) is 0 Å². The minimum absolute atomic E-state index is 0.00332. The van der Waals surface area contributed by atoms with Crippen LogP contribution in [0, 0.1) is 0 Å². The molecule has 24 heavy (non-hydrogen) atoms. The molecule has 0 amide bonds. The molecule has 0 radical (unpaired) electrons. The Labute approximate surface area is 136 Å². The lowest BCUT2D eigenvalue weighted by Gasteiger charge is -2.22. The smallest absolute Gasteiger partial charge is 0.435 e. The van der Waals surface area contributed by atoms with Crippen molar-refractivity contribution in [3.63, 3.8) is 0 Å². The zero-order valence-corrected chi connectivity index (χ0v) is 13.8. The van der Waals surface area contributed by atoms with Crippen molar-refractivity contribution in [1.82, 2.24) is 0 Å². The molecule has 1 aliphatic heterocycles. The second-order valence-electron chi connectivity index (χ2n) is 4.38. The molecule has 3 N–H and O–H groups in total. The first kappa shape index (κ1) is 20.6. The van der Waals surface area contributed by atoms with E-state index in [1.807, 2.05) is 0 Å². The average molecular weight is 374 g/mol. The van der Waals surface area contributed by atoms with E-state index < -0.39 is 51.3 Å². The van der Waals surface area contributed by atoms with Gasteiger partial charge in [0, 0.05) is 0 Å². The Morgan fingerprint density at radius 1 is 1.04 bits per heavy atom. The largest absolute Gasteiger partial charge is 0.508 e. The molecule has 1 fully saturated rings. The third-order valence-electron chi connectivity index (χ3n) is 2.68. The number of aliphatic hydroxyl groups is 1. The van der Waals surface area contributed by atoms with E-state index in [1.54, 1.807) is 0 Å². The lowest BCUT2D eigenvalue weighted by molar-refractivity contribution is -0.138. The fourth-order valence-corrected chi connectivity index (χ4v) is 2.15. The summed E-state index contributed by atoms with van der Waals surface area (Å²) in [5.41, 5.74) is 0. The van der Waals surface area contributed by atoms with E-state index in [4.69, 9.17) is 24.0 Å². The Balaban J connectivity index is 2.83. The van der Waals surface area contributed by atoms with Gasteiger partial charge in [-0.25, -0.2) is 14.2 Å². The summed E-state index contributed by atoms with van der Waals surface area (Å²) in [6, 6.07) is 0. The van der Waals surface area contributed by atoms with Gasteiger partial charge in [0.1, 0.15) is 6.10 Å². The van der Waals surface area contributed by atoms with Crippen LogP contribution in [0.3, 0.4) is 0 Å². The highest BCUT2D eigenvalue weighted by atomic mass is 31.2. The number of carbonyl (C=O) groups is 2. The molecule has 12 nitrogen and oxygen atoms in total. The van der Waals surface area contributed by atoms with Gasteiger partial charge < -0.3 is 38.6 Å². The van der Waals surface area contributed by atoms with E-state index in [-0.39, 0.29) is 13.2 Å². The third kappa shape index (κ3) is 6.59. The lowest BCUT2D eigenvalue weighted by Crippen LogP contribution is -2.41. The predicted molar refractivity (Wildman–Crippen MR) is 72.7 cm³/mol. The molecule has 4 atom stereocenters. The maximum Gasteiger partial charge on any atom is 0.508 e. The number of hydrogen-bond acceptors (Lipinski definition) is 10. The monoisotopic (exact) mass is 374 g/mol. The number of aliphatic hydroxyl groups excluding tert-OH is 1. The first-order valence-corrected chi connectivity index (χ1v) is 8.41. The van der Waals surface area contributed by atoms with Crippen molar-refractivity contribution in [2.24, 2.45) is 0 Å². The number of rotatable bonds is 7. The Morgan fingerprint density at radius 3 is 2.00 bits per heavy atom. The Kier molecular flexibility index (Phi) is 7.87. The highest BCUT2D eigenvalue weighted by molar-refractivity contribution is 7.46. The fraction of sp³-hybridized carbons (Fsp3) is 0.818. The Morgan fingerprint density at radius 2 is 1.54 bits per heavy atom. The first-order valence-electron chi connectivity index (χ1n) is 6.88. The number of ether oxygens (including phenoxy) is 5. The minimum atomic E-state index is -4.84. The van der Waals surface area contributed by atoms with Gasteiger partial charge in [-0.15, -0.1) is 0 Å². The molecule has 0 aromatic carbocycles. The molecule has 0 aromatic heterocycles. The number of phosphoric acid groups is 1. The molecule has 1 aliphatic rings. The number of phosphoric ester groups is 1. The van der Waals surface area contributed by atoms with Gasteiger partial charge in [0.15, 0.2) is 18.5 Å². The van der Waals surface area contributed by atoms with Crippen LogP contribution in [0.4, 0.5) is 9.59 Å². The van der Waals surface area contributed by atoms with Crippen molar-refractivity contribution >= 4 is 20.1 Å². The molecule has 0 bridgehead atoms. The van der Waals surface area contributed by atoms with Crippen LogP contribution in [-0.2, 0) is 32.8 Å². The Bertz CT molecular complexity index is 476. The van der Waals surface area contributed by atoms with Gasteiger partial charge >= 0.3 is 20.1 Å². The molecule has 1 rings (SSSR count). The molecule has 140 valence electrons. The molecule has 1 unspecified atom stereocenters. The molecular formula is C11H19O12P. The van der Waals surface area contributed by atoms with Gasteiger partial charge in [-0.05, 0) is 13.8 Å². The summed E-state index contributed by atoms with van der Waals surface area (Å²) in [5, 5.41) is 9.78. The third-order valence-corrected chi connectivity index (χ3v) is 3.17. The predicted octanol–water partition coefficient (Wildman–Crippen LogP) is -0.104. The summed E-state index contributed by atoms with van der Waals surface area (Å²) in [6.07, 6.45) is -8.30. The molecule has 1 heterocycles. The summed E-state index contributed by atoms with van der Waals surface area (Å²) in [6.45, 7) is 2.28. The molecule has 0 aliphatic carbocycles. The normalized spacial score (nSPS) is 26.7. The average Bonchev–Trinajstić information content (AvgIpc) is 2.73. The zero-order chi connectivity index (χ0) is 18.3. The quantitative estimate of drug-likeness (QED) is 0.400. The van der Waals surface area contributed by atoms with Gasteiger partial charge in [0.2, 0.25) is 0 Å². The van der Waals surface area contributed by atoms with Crippen LogP contribution in [0.5, 0.6) is 0 Å². The van der Waals surface area contributed by atoms with Crippen LogP contribution in [0.25, 0.3) is 0 Å². The van der Waals surface area contributed by atoms with Crippen LogP contribution in [0.2, 0.25) is 0 Å². The maximum atomic E-state index is 11.5. The van der Waals surface area contributed by atoms with E-state index in [1.165, 1.54) is 13.8 Å². The van der Waals surface area contributed by atoms with Crippen LogP contribution in [-0.4, -0.2) is 71.6 Å². The van der Waals surface area contributed by atoms with Crippen molar-refractivity contribution in [3.8, 4) is 0 Å². The summed E-state index contributed by atoms with van der Waals surface area (Å²) >= 11 is 0. The van der Waals surface area contributed by atoms with Crippen molar-refractivity contribution < 1.29 is 57.3 Å². The summed E-state index contributed by atoms with van der Waals surface area (Å²) < 4.78 is 38.8. The molecule has 0 aromatic rings. The highest BCUT2D eigenvalue weighted by Gasteiger charge is 2.50. The summed E-state index contributed by atoms with van der Waals surface area (Å²) in [5.74, 6) is 0. The molecule has 0 spiro atoms. The van der Waals surface area contributed by atoms with Gasteiger partial charge in [-0.3, -0.25) is 4.52 Å². The van der Waals surface area contributed by atoms with Gasteiger partial charge in [0.05, 0.1) is 19.8 Å². The SMILES string of the molecule is CCOC(=O)O[C@@H]1[C@@H](COP(=O)(O)O)OC(O)[C@@H]1OC(=O)OCC. The first-order chi connectivity index (χ1) is 11.2. The lowest BCUT2D eigenvalue weighted by atomic mass is 10.1. The van der Waals surface area contributed by atoms with Gasteiger partial charge in [-0.2, -0.15) is 0 Å². The van der Waals surface area contributed by atoms with Crippen LogP contribution < -0.4 is 0 Å². The van der Waals surface area contributed by atoms with E-state index in [0.29, 0.717) is 0 Å². The molecule has 13 heteroatoms. The number of carbonyl (C=O) groups excluding carboxylic acids is 2. The van der Waals surface area contributed by atoms with Crippen molar-refractivity contribution in [2.45, 2.75) is 38.4 Å². The number of hydrogen-bond donors (Lipinski definition) is 3. The summed E-state index contributed by atoms with van der Waals surface area (Å²) in [7, 11) is -4.84. The van der Waals surface area contributed by atoms with E-state index >= 15 is 0 Å². The van der Waals surface area contributed by atoms with Crippen LogP contribution >= 0.6 is 7.82 Å². The maximum absolute atomic E-state index is 11.5. The Hall–Kier alpha value is -1.43. The van der Waals surface area contributed by atoms with Crippen molar-refractivity contribution in [1.29, 1.82) is 0 Å². The zero-order valence-electron chi connectivity index (χ0n) is 12.9. The standard InChI is InChI=1S/C11H19O12P/c1-3-18-10(13)22-7-6(5-20-24(15,16)17)21-9(12)8(7)23-11(14)19-4-2/h6-9,12H,3-5H2,1-2H3,(H2,15,16,17)/t6-,7-,8-,9?/m1/s1. The second-order valence-corrected chi connectivity index (χ2v) is 5.62. The van der Waals surface area contributed by atoms with Crippen molar-refractivity contribution in [2.75, 3.05) is 19.8 Å². The highest BCUT2D eigenvalue weighted by Crippen LogP contribution is 2.37. The summed E-state index contributed by atoms with van der Waals surface area (Å²) in [4.78, 5) is 40.3. The van der Waals surface area contributed by atoms with E-state index in [0.717, 1.165) is 0 Å². The van der Waals surface area contributed by atoms with Crippen LogP contribution in [0.15, 0.2) is 0 Å². The van der Waals surface area contributed by atoms with Gasteiger partial charge in [0.25, 0.3) is 0 Å².